The fourth-order valence-electron chi connectivity index (χ4n) is 2.76. The number of nitrogens with one attached hydrogen (secondary N) is 1. The number of benzene rings is 3. The molecule has 3 aromatic carbocycles. The van der Waals surface area contributed by atoms with Gasteiger partial charge in [-0.25, -0.2) is 9.97 Å². The van der Waals surface area contributed by atoms with Gasteiger partial charge < -0.3 is 10.1 Å². The fraction of sp³-hybridized carbons (Fsp3) is 0.0455. The molecular weight excluding hydrogens is 338 g/mol. The quantitative estimate of drug-likeness (QED) is 0.568. The van der Waals surface area contributed by atoms with Crippen LogP contribution in [0, 0.1) is 0 Å². The predicted octanol–water partition coefficient (Wildman–Crippen LogP) is 4.60. The summed E-state index contributed by atoms with van der Waals surface area (Å²) < 4.78 is 5.90. The van der Waals surface area contributed by atoms with Gasteiger partial charge in [-0.2, -0.15) is 0 Å². The molecule has 0 unspecified atom stereocenters. The normalized spacial score (nSPS) is 10.5. The van der Waals surface area contributed by atoms with E-state index in [1.807, 2.05) is 78.9 Å². The van der Waals surface area contributed by atoms with E-state index in [2.05, 4.69) is 15.3 Å². The van der Waals surface area contributed by atoms with E-state index in [1.54, 1.807) is 0 Å². The zero-order valence-corrected chi connectivity index (χ0v) is 14.5. The van der Waals surface area contributed by atoms with Crippen LogP contribution in [0.4, 0.5) is 5.69 Å². The SMILES string of the molecule is O=C(Cc1ccc(Oc2ncnc3ccccc23)cc1)Nc1ccccc1. The summed E-state index contributed by atoms with van der Waals surface area (Å²) >= 11 is 0. The number of nitrogens with zero attached hydrogens (tertiary/aromatic N) is 2. The predicted molar refractivity (Wildman–Crippen MR) is 105 cm³/mol. The third kappa shape index (κ3) is 4.10. The van der Waals surface area contributed by atoms with Crippen LogP contribution in [0.3, 0.4) is 0 Å². The summed E-state index contributed by atoms with van der Waals surface area (Å²) in [7, 11) is 0. The monoisotopic (exact) mass is 355 g/mol. The number of hydrogen-bond acceptors (Lipinski definition) is 4. The molecule has 0 atom stereocenters. The zero-order valence-electron chi connectivity index (χ0n) is 14.5. The Labute approximate surface area is 156 Å². The number of hydrogen-bond donors (Lipinski definition) is 1. The van der Waals surface area contributed by atoms with E-state index >= 15 is 0 Å². The van der Waals surface area contributed by atoms with Gasteiger partial charge in [0.1, 0.15) is 12.1 Å². The van der Waals surface area contributed by atoms with Crippen molar-refractivity contribution in [1.29, 1.82) is 0 Å². The van der Waals surface area contributed by atoms with Crippen LogP contribution in [0.15, 0.2) is 85.2 Å². The molecule has 0 aliphatic carbocycles. The van der Waals surface area contributed by atoms with Gasteiger partial charge in [0.25, 0.3) is 0 Å². The summed E-state index contributed by atoms with van der Waals surface area (Å²) in [6.45, 7) is 0. The van der Waals surface area contributed by atoms with E-state index in [-0.39, 0.29) is 5.91 Å². The van der Waals surface area contributed by atoms with Gasteiger partial charge in [-0.15, -0.1) is 0 Å². The van der Waals surface area contributed by atoms with Crippen molar-refractivity contribution >= 4 is 22.5 Å². The van der Waals surface area contributed by atoms with Crippen molar-refractivity contribution in [2.75, 3.05) is 5.32 Å². The van der Waals surface area contributed by atoms with Gasteiger partial charge >= 0.3 is 0 Å². The first kappa shape index (κ1) is 16.7. The van der Waals surface area contributed by atoms with Crippen LogP contribution in [0.25, 0.3) is 10.9 Å². The van der Waals surface area contributed by atoms with Crippen LogP contribution in [-0.2, 0) is 11.2 Å². The zero-order chi connectivity index (χ0) is 18.5. The molecule has 4 rings (SSSR count). The number of carbonyl (C=O) groups is 1. The summed E-state index contributed by atoms with van der Waals surface area (Å²) in [5.41, 5.74) is 2.53. The van der Waals surface area contributed by atoms with E-state index in [0.29, 0.717) is 18.1 Å². The third-order valence-electron chi connectivity index (χ3n) is 4.07. The molecular formula is C22H17N3O2. The van der Waals surface area contributed by atoms with E-state index in [0.717, 1.165) is 22.2 Å². The summed E-state index contributed by atoms with van der Waals surface area (Å²) in [6, 6.07) is 24.5. The number of amides is 1. The Morgan fingerprint density at radius 3 is 2.41 bits per heavy atom. The van der Waals surface area contributed by atoms with Gasteiger partial charge in [-0.3, -0.25) is 4.79 Å². The maximum atomic E-state index is 12.1. The highest BCUT2D eigenvalue weighted by molar-refractivity contribution is 5.92. The molecule has 27 heavy (non-hydrogen) atoms. The lowest BCUT2D eigenvalue weighted by atomic mass is 10.1. The lowest BCUT2D eigenvalue weighted by Gasteiger charge is -2.08. The highest BCUT2D eigenvalue weighted by Gasteiger charge is 2.07. The van der Waals surface area contributed by atoms with Crippen molar-refractivity contribution in [3.05, 3.63) is 90.8 Å². The van der Waals surface area contributed by atoms with E-state index in [4.69, 9.17) is 4.74 Å². The van der Waals surface area contributed by atoms with Crippen LogP contribution < -0.4 is 10.1 Å². The Morgan fingerprint density at radius 2 is 1.59 bits per heavy atom. The molecule has 0 aliphatic heterocycles. The van der Waals surface area contributed by atoms with Crippen LogP contribution in [-0.4, -0.2) is 15.9 Å². The second kappa shape index (κ2) is 7.66. The maximum Gasteiger partial charge on any atom is 0.230 e. The number of carbonyl (C=O) groups excluding carboxylic acids is 1. The van der Waals surface area contributed by atoms with Gasteiger partial charge in [0.2, 0.25) is 11.8 Å². The molecule has 0 radical (unpaired) electrons. The van der Waals surface area contributed by atoms with Crippen LogP contribution >= 0.6 is 0 Å². The Bertz CT molecular complexity index is 1060. The number of ether oxygens (including phenoxy) is 1. The smallest absolute Gasteiger partial charge is 0.230 e. The first-order chi connectivity index (χ1) is 13.3. The number of rotatable bonds is 5. The van der Waals surface area contributed by atoms with Gasteiger partial charge in [0.05, 0.1) is 17.3 Å². The second-order valence-electron chi connectivity index (χ2n) is 6.03. The van der Waals surface area contributed by atoms with Crippen molar-refractivity contribution in [2.45, 2.75) is 6.42 Å². The molecule has 1 aromatic heterocycles. The molecule has 0 saturated carbocycles. The molecule has 0 saturated heterocycles. The first-order valence-electron chi connectivity index (χ1n) is 8.59. The molecule has 1 heterocycles. The maximum absolute atomic E-state index is 12.1. The number of aromatic nitrogens is 2. The fourth-order valence-corrected chi connectivity index (χ4v) is 2.76. The molecule has 1 amide bonds. The Kier molecular flexibility index (Phi) is 4.74. The van der Waals surface area contributed by atoms with Crippen molar-refractivity contribution in [2.24, 2.45) is 0 Å². The molecule has 0 bridgehead atoms. The lowest BCUT2D eigenvalue weighted by Crippen LogP contribution is -2.14. The minimum absolute atomic E-state index is 0.0586. The van der Waals surface area contributed by atoms with Crippen molar-refractivity contribution in [3.8, 4) is 11.6 Å². The highest BCUT2D eigenvalue weighted by atomic mass is 16.5. The lowest BCUT2D eigenvalue weighted by molar-refractivity contribution is -0.115. The minimum atomic E-state index is -0.0586. The van der Waals surface area contributed by atoms with Gasteiger partial charge in [-0.05, 0) is 42.0 Å². The van der Waals surface area contributed by atoms with E-state index < -0.39 is 0 Å². The summed E-state index contributed by atoms with van der Waals surface area (Å²) in [4.78, 5) is 20.6. The average molecular weight is 355 g/mol. The molecule has 5 nitrogen and oxygen atoms in total. The summed E-state index contributed by atoms with van der Waals surface area (Å²) in [6.07, 6.45) is 1.78. The molecule has 0 fully saturated rings. The van der Waals surface area contributed by atoms with Gasteiger partial charge in [0, 0.05) is 5.69 Å². The van der Waals surface area contributed by atoms with Crippen molar-refractivity contribution < 1.29 is 9.53 Å². The van der Waals surface area contributed by atoms with E-state index in [9.17, 15) is 4.79 Å². The highest BCUT2D eigenvalue weighted by Crippen LogP contribution is 2.26. The standard InChI is InChI=1S/C22H17N3O2/c26-21(25-17-6-2-1-3-7-17)14-16-10-12-18(13-11-16)27-22-19-8-4-5-9-20(19)23-15-24-22/h1-13,15H,14H2,(H,25,26). The largest absolute Gasteiger partial charge is 0.438 e. The van der Waals surface area contributed by atoms with Crippen molar-refractivity contribution in [3.63, 3.8) is 0 Å². The third-order valence-corrected chi connectivity index (χ3v) is 4.07. The molecule has 5 heteroatoms. The molecule has 1 N–H and O–H groups in total. The molecule has 132 valence electrons. The number of anilines is 1. The average Bonchev–Trinajstić information content (AvgIpc) is 2.70. The number of para-hydroxylation sites is 2. The topological polar surface area (TPSA) is 64.1 Å². The Morgan fingerprint density at radius 1 is 0.852 bits per heavy atom. The van der Waals surface area contributed by atoms with Crippen LogP contribution in [0.2, 0.25) is 0 Å². The second-order valence-corrected chi connectivity index (χ2v) is 6.03. The first-order valence-corrected chi connectivity index (χ1v) is 8.59. The minimum Gasteiger partial charge on any atom is -0.438 e. The van der Waals surface area contributed by atoms with Crippen molar-refractivity contribution in [1.82, 2.24) is 9.97 Å². The van der Waals surface area contributed by atoms with E-state index in [1.165, 1.54) is 6.33 Å². The number of fused-ring (bicyclic) bond motifs is 1. The molecule has 0 aliphatic rings. The molecule has 4 aromatic rings. The summed E-state index contributed by atoms with van der Waals surface area (Å²) in [5.74, 6) is 1.11. The Hall–Kier alpha value is -3.73. The summed E-state index contributed by atoms with van der Waals surface area (Å²) in [5, 5.41) is 3.73. The Balaban J connectivity index is 1.43. The van der Waals surface area contributed by atoms with Crippen LogP contribution in [0.1, 0.15) is 5.56 Å². The van der Waals surface area contributed by atoms with Gasteiger partial charge in [-0.1, -0.05) is 42.5 Å². The van der Waals surface area contributed by atoms with Gasteiger partial charge in [0.15, 0.2) is 0 Å². The van der Waals surface area contributed by atoms with Crippen LogP contribution in [0.5, 0.6) is 11.6 Å². The molecule has 0 spiro atoms.